The zero-order chi connectivity index (χ0) is 33.4. The van der Waals surface area contributed by atoms with Gasteiger partial charge in [-0.3, -0.25) is 23.9 Å². The number of H-pyrrole nitrogens is 1. The summed E-state index contributed by atoms with van der Waals surface area (Å²) in [6.07, 6.45) is 13.8. The van der Waals surface area contributed by atoms with E-state index in [1.807, 2.05) is 0 Å². The van der Waals surface area contributed by atoms with Crippen LogP contribution in [0.4, 0.5) is 0 Å². The molecule has 1 unspecified atom stereocenters. The van der Waals surface area contributed by atoms with Gasteiger partial charge in [-0.05, 0) is 25.7 Å². The number of aliphatic hydroxyl groups is 1. The lowest BCUT2D eigenvalue weighted by Gasteiger charge is -2.28. The minimum Gasteiger partial charge on any atom is -0.459 e. The number of hydrogen-bond acceptors (Lipinski definition) is 9. The number of carbonyl (C=O) groups is 2. The highest BCUT2D eigenvalue weighted by atomic mass is 31.2. The van der Waals surface area contributed by atoms with E-state index in [0.717, 1.165) is 6.42 Å². The molecule has 1 amide bonds. The molecule has 0 bridgehead atoms. The number of aromatic nitrogens is 2. The highest BCUT2D eigenvalue weighted by Crippen LogP contribution is 2.61. The first-order valence-electron chi connectivity index (χ1n) is 17.4. The molecule has 2 saturated heterocycles. The first-order chi connectivity index (χ1) is 22.2. The molecule has 13 heteroatoms. The van der Waals surface area contributed by atoms with Gasteiger partial charge >= 0.3 is 11.7 Å². The van der Waals surface area contributed by atoms with Gasteiger partial charge in [0.15, 0.2) is 5.79 Å². The van der Waals surface area contributed by atoms with Gasteiger partial charge in [0.1, 0.15) is 18.4 Å². The maximum Gasteiger partial charge on any atom is 0.330 e. The van der Waals surface area contributed by atoms with Gasteiger partial charge in [0.05, 0.1) is 50.9 Å². The van der Waals surface area contributed by atoms with Gasteiger partial charge in [0.2, 0.25) is 5.91 Å². The van der Waals surface area contributed by atoms with Gasteiger partial charge in [0, 0.05) is 51.8 Å². The van der Waals surface area contributed by atoms with Crippen molar-refractivity contribution in [2.24, 2.45) is 0 Å². The standard InChI is InChI=1S/C33H56N3O9P/c1-4-7-20-46(21-8-5-2,22-9-6-3)23-10-16-34-28(38)11-14-33(42-18-19-43-33)15-12-31(40)45-26-24-30(44-27(26)25-37)36-17-13-29(39)35-32(36)41/h13,17,26-27,30,37H,4-12,14-16,18-25H2,1-3H3,(H-,34,35,38,39,41)/p+1/t26?,27-,30-/m1/s1. The molecule has 262 valence electrons. The van der Waals surface area contributed by atoms with Crippen LogP contribution in [0.1, 0.15) is 104 Å². The fourth-order valence-electron chi connectivity index (χ4n) is 6.43. The number of nitrogens with one attached hydrogen (secondary N) is 2. The van der Waals surface area contributed by atoms with Crippen LogP contribution < -0.4 is 16.6 Å². The number of unbranched alkanes of at least 4 members (excludes halogenated alkanes) is 3. The van der Waals surface area contributed by atoms with Crippen LogP contribution >= 0.6 is 7.26 Å². The molecule has 0 spiro atoms. The topological polar surface area (TPSA) is 158 Å². The lowest BCUT2D eigenvalue weighted by molar-refractivity contribution is -0.178. The van der Waals surface area contributed by atoms with Gasteiger partial charge in [-0.2, -0.15) is 0 Å². The van der Waals surface area contributed by atoms with Crippen molar-refractivity contribution in [2.75, 3.05) is 51.0 Å². The van der Waals surface area contributed by atoms with Gasteiger partial charge in [-0.1, -0.05) is 40.0 Å². The molecule has 12 nitrogen and oxygen atoms in total. The molecule has 3 atom stereocenters. The molecule has 0 radical (unpaired) electrons. The summed E-state index contributed by atoms with van der Waals surface area (Å²) in [5.74, 6) is -1.60. The van der Waals surface area contributed by atoms with Crippen molar-refractivity contribution in [3.63, 3.8) is 0 Å². The van der Waals surface area contributed by atoms with Gasteiger partial charge in [-0.25, -0.2) is 4.79 Å². The average Bonchev–Trinajstić information content (AvgIpc) is 3.69. The molecular weight excluding hydrogens is 613 g/mol. The Hall–Kier alpha value is -2.11. The Morgan fingerprint density at radius 2 is 1.61 bits per heavy atom. The molecular formula is C33H57N3O9P+. The molecule has 2 aliphatic heterocycles. The summed E-state index contributed by atoms with van der Waals surface area (Å²) < 4.78 is 24.3. The first-order valence-corrected chi connectivity index (χ1v) is 19.9. The van der Waals surface area contributed by atoms with Crippen LogP contribution in [0.25, 0.3) is 0 Å². The smallest absolute Gasteiger partial charge is 0.330 e. The number of aromatic amines is 1. The van der Waals surface area contributed by atoms with Crippen LogP contribution in [-0.4, -0.2) is 95.5 Å². The number of rotatable bonds is 22. The summed E-state index contributed by atoms with van der Waals surface area (Å²) in [7, 11) is -0.993. The van der Waals surface area contributed by atoms with E-state index in [4.69, 9.17) is 18.9 Å². The Bertz CT molecular complexity index is 1160. The van der Waals surface area contributed by atoms with E-state index < -0.39 is 55.3 Å². The van der Waals surface area contributed by atoms with E-state index in [1.54, 1.807) is 0 Å². The molecule has 0 saturated carbocycles. The Morgan fingerprint density at radius 1 is 1.00 bits per heavy atom. The van der Waals surface area contributed by atoms with Crippen LogP contribution in [0.5, 0.6) is 0 Å². The van der Waals surface area contributed by atoms with Crippen molar-refractivity contribution in [1.82, 2.24) is 14.9 Å². The largest absolute Gasteiger partial charge is 0.459 e. The SMILES string of the molecule is CCCC[P+](CCCC)(CCCC)CCCNC(=O)CCC1(CCC(=O)OC2C[C@H](n3ccc(=O)[nH]c3=O)O[C@@H]2CO)OCCO1. The summed E-state index contributed by atoms with van der Waals surface area (Å²) in [6.45, 7) is 7.86. The second-order valence-corrected chi connectivity index (χ2v) is 17.2. The summed E-state index contributed by atoms with van der Waals surface area (Å²) >= 11 is 0. The van der Waals surface area contributed by atoms with Crippen LogP contribution in [0.2, 0.25) is 0 Å². The monoisotopic (exact) mass is 670 g/mol. The number of aliphatic hydroxyl groups excluding tert-OH is 1. The number of ether oxygens (including phenoxy) is 4. The number of carbonyl (C=O) groups excluding carboxylic acids is 2. The average molecular weight is 671 g/mol. The zero-order valence-electron chi connectivity index (χ0n) is 28.1. The molecule has 0 aliphatic carbocycles. The summed E-state index contributed by atoms with van der Waals surface area (Å²) in [6, 6.07) is 1.20. The molecule has 3 heterocycles. The summed E-state index contributed by atoms with van der Waals surface area (Å²) in [5.41, 5.74) is -1.18. The number of hydrogen-bond donors (Lipinski definition) is 3. The van der Waals surface area contributed by atoms with Crippen molar-refractivity contribution in [3.8, 4) is 0 Å². The molecule has 2 fully saturated rings. The van der Waals surface area contributed by atoms with Crippen molar-refractivity contribution in [1.29, 1.82) is 0 Å². The lowest BCUT2D eigenvalue weighted by atomic mass is 10.0. The second-order valence-electron chi connectivity index (χ2n) is 12.7. The molecule has 46 heavy (non-hydrogen) atoms. The normalized spacial score (nSPS) is 21.0. The molecule has 1 aromatic heterocycles. The Morgan fingerprint density at radius 3 is 2.20 bits per heavy atom. The van der Waals surface area contributed by atoms with Crippen LogP contribution in [-0.2, 0) is 28.5 Å². The quantitative estimate of drug-likeness (QED) is 0.0944. The fraction of sp³-hybridized carbons (Fsp3) is 0.818. The Balaban J connectivity index is 1.45. The summed E-state index contributed by atoms with van der Waals surface area (Å²) in [4.78, 5) is 51.4. The van der Waals surface area contributed by atoms with Crippen molar-refractivity contribution < 1.29 is 33.6 Å². The number of nitrogens with zero attached hydrogens (tertiary/aromatic N) is 1. The van der Waals surface area contributed by atoms with Crippen LogP contribution in [0.15, 0.2) is 21.9 Å². The Labute approximate surface area is 273 Å². The predicted molar refractivity (Wildman–Crippen MR) is 179 cm³/mol. The predicted octanol–water partition coefficient (Wildman–Crippen LogP) is 3.96. The third-order valence-corrected chi connectivity index (χ3v) is 14.2. The van der Waals surface area contributed by atoms with Crippen molar-refractivity contribution in [3.05, 3.63) is 33.1 Å². The van der Waals surface area contributed by atoms with Gasteiger partial charge < -0.3 is 29.4 Å². The van der Waals surface area contributed by atoms with E-state index >= 15 is 0 Å². The molecule has 3 N–H and O–H groups in total. The Kier molecular flexibility index (Phi) is 16.4. The zero-order valence-corrected chi connectivity index (χ0v) is 29.0. The molecule has 3 rings (SSSR count). The van der Waals surface area contributed by atoms with E-state index in [1.165, 1.54) is 80.0 Å². The first kappa shape index (κ1) is 38.3. The highest BCUT2D eigenvalue weighted by Gasteiger charge is 2.41. The second kappa shape index (κ2) is 19.6. The minimum atomic E-state index is -1.04. The molecule has 2 aliphatic rings. The summed E-state index contributed by atoms with van der Waals surface area (Å²) in [5, 5.41) is 12.9. The maximum atomic E-state index is 12.8. The number of esters is 1. The van der Waals surface area contributed by atoms with Crippen molar-refractivity contribution in [2.45, 2.75) is 122 Å². The minimum absolute atomic E-state index is 0.0153. The molecule has 1 aromatic rings. The van der Waals surface area contributed by atoms with Crippen molar-refractivity contribution >= 4 is 19.1 Å². The van der Waals surface area contributed by atoms with E-state index in [2.05, 4.69) is 31.1 Å². The lowest BCUT2D eigenvalue weighted by Crippen LogP contribution is -2.35. The van der Waals surface area contributed by atoms with E-state index in [9.17, 15) is 24.3 Å². The highest BCUT2D eigenvalue weighted by molar-refractivity contribution is 7.75. The maximum absolute atomic E-state index is 12.8. The number of amides is 1. The van der Waals surface area contributed by atoms with Crippen LogP contribution in [0.3, 0.4) is 0 Å². The van der Waals surface area contributed by atoms with Crippen LogP contribution in [0, 0.1) is 0 Å². The molecule has 0 aromatic carbocycles. The van der Waals surface area contributed by atoms with E-state index in [-0.39, 0.29) is 31.6 Å². The van der Waals surface area contributed by atoms with Gasteiger partial charge in [0.25, 0.3) is 5.56 Å². The van der Waals surface area contributed by atoms with E-state index in [0.29, 0.717) is 26.2 Å². The third-order valence-electron chi connectivity index (χ3n) is 9.15. The van der Waals surface area contributed by atoms with Gasteiger partial charge in [-0.15, -0.1) is 0 Å². The fourth-order valence-corrected chi connectivity index (χ4v) is 11.6. The third kappa shape index (κ3) is 11.8.